The lowest BCUT2D eigenvalue weighted by Crippen LogP contribution is -2.32. The Kier molecular flexibility index (Phi) is 5.46. The minimum Gasteiger partial charge on any atom is -0.200 e. The molecule has 2 heterocycles. The molecule has 5 aromatic rings. The maximum atomic E-state index is 2.46. The fourth-order valence-electron chi connectivity index (χ4n) is 6.19. The number of aromatic nitrogens is 1. The van der Waals surface area contributed by atoms with Gasteiger partial charge in [-0.15, -0.1) is 0 Å². The molecule has 1 nitrogen and oxygen atoms in total. The van der Waals surface area contributed by atoms with Gasteiger partial charge in [0, 0.05) is 21.2 Å². The highest BCUT2D eigenvalue weighted by molar-refractivity contribution is 8.00. The zero-order valence-corrected chi connectivity index (χ0v) is 23.4. The SMILES string of the molecule is Cc1c2c(c(CC(C)C)c3ccccc13)Sc1cc3cc(CC(C)(C)C)ccc3c3cc[n+](C)c-2c13. The van der Waals surface area contributed by atoms with E-state index in [2.05, 4.69) is 114 Å². The summed E-state index contributed by atoms with van der Waals surface area (Å²) in [5.74, 6) is 0.600. The molecule has 1 aliphatic heterocycles. The van der Waals surface area contributed by atoms with Crippen molar-refractivity contribution in [1.29, 1.82) is 0 Å². The molecule has 0 aliphatic carbocycles. The molecule has 0 N–H and O–H groups in total. The molecule has 182 valence electrons. The number of hydrogen-bond acceptors (Lipinski definition) is 1. The van der Waals surface area contributed by atoms with Gasteiger partial charge in [-0.3, -0.25) is 0 Å². The van der Waals surface area contributed by atoms with Crippen LogP contribution < -0.4 is 4.57 Å². The van der Waals surface area contributed by atoms with Crippen molar-refractivity contribution in [1.82, 2.24) is 0 Å². The van der Waals surface area contributed by atoms with Crippen LogP contribution in [0.2, 0.25) is 0 Å². The van der Waals surface area contributed by atoms with Crippen LogP contribution in [0.5, 0.6) is 0 Å². The van der Waals surface area contributed by atoms with E-state index >= 15 is 0 Å². The largest absolute Gasteiger partial charge is 0.222 e. The van der Waals surface area contributed by atoms with Gasteiger partial charge in [-0.1, -0.05) is 88.8 Å². The van der Waals surface area contributed by atoms with Gasteiger partial charge < -0.3 is 0 Å². The Morgan fingerprint density at radius 1 is 0.889 bits per heavy atom. The van der Waals surface area contributed by atoms with Gasteiger partial charge in [-0.05, 0) is 75.4 Å². The fraction of sp³-hybridized carbons (Fsp3) is 0.324. The first-order valence-corrected chi connectivity index (χ1v) is 14.0. The minimum atomic E-state index is 0.276. The fourth-order valence-corrected chi connectivity index (χ4v) is 7.57. The van der Waals surface area contributed by atoms with Crippen molar-refractivity contribution >= 4 is 44.1 Å². The van der Waals surface area contributed by atoms with E-state index in [1.807, 2.05) is 11.8 Å². The highest BCUT2D eigenvalue weighted by Gasteiger charge is 2.32. The van der Waals surface area contributed by atoms with Gasteiger partial charge in [0.25, 0.3) is 0 Å². The van der Waals surface area contributed by atoms with Crippen molar-refractivity contribution in [2.24, 2.45) is 18.4 Å². The Morgan fingerprint density at radius 3 is 2.36 bits per heavy atom. The number of aryl methyl sites for hydroxylation is 2. The number of rotatable bonds is 3. The summed E-state index contributed by atoms with van der Waals surface area (Å²) < 4.78 is 2.35. The lowest BCUT2D eigenvalue weighted by Gasteiger charge is -2.26. The van der Waals surface area contributed by atoms with Crippen LogP contribution in [0.15, 0.2) is 70.6 Å². The van der Waals surface area contributed by atoms with Gasteiger partial charge in [-0.2, -0.15) is 0 Å². The topological polar surface area (TPSA) is 3.88 Å². The number of fused-ring (bicyclic) bond motifs is 5. The van der Waals surface area contributed by atoms with Gasteiger partial charge in [0.15, 0.2) is 6.20 Å². The predicted octanol–water partition coefficient (Wildman–Crippen LogP) is 9.20. The average molecular weight is 491 g/mol. The molecule has 0 amide bonds. The summed E-state index contributed by atoms with van der Waals surface area (Å²) >= 11 is 2.00. The summed E-state index contributed by atoms with van der Waals surface area (Å²) in [7, 11) is 2.21. The summed E-state index contributed by atoms with van der Waals surface area (Å²) in [4.78, 5) is 2.85. The van der Waals surface area contributed by atoms with Crippen LogP contribution in [0.4, 0.5) is 0 Å². The van der Waals surface area contributed by atoms with E-state index in [-0.39, 0.29) is 5.41 Å². The average Bonchev–Trinajstić information content (AvgIpc) is 2.81. The molecule has 0 saturated carbocycles. The van der Waals surface area contributed by atoms with E-state index in [0.29, 0.717) is 5.92 Å². The second-order valence-corrected chi connectivity index (χ2v) is 13.3. The summed E-state index contributed by atoms with van der Waals surface area (Å²) in [6, 6.07) is 20.9. The third-order valence-electron chi connectivity index (χ3n) is 7.59. The molecule has 6 rings (SSSR count). The molecular weight excluding hydrogens is 454 g/mol. The van der Waals surface area contributed by atoms with Crippen LogP contribution in [0.25, 0.3) is 43.6 Å². The van der Waals surface area contributed by atoms with Crippen LogP contribution in [-0.4, -0.2) is 0 Å². The third-order valence-corrected chi connectivity index (χ3v) is 8.79. The quantitative estimate of drug-likeness (QED) is 0.177. The Hall–Kier alpha value is -2.84. The standard InChI is InChI=1S/C34H36NS/c1-20(2)16-28-26-11-9-8-10-24(26)21(3)30-32-31-27(14-15-35(32)7)25-13-12-22(19-34(4,5)6)17-23(25)18-29(31)36-33(28)30/h8-15,17-18,20H,16,19H2,1-7H3/q+1. The van der Waals surface area contributed by atoms with Crippen molar-refractivity contribution in [3.63, 3.8) is 0 Å². The Morgan fingerprint density at radius 2 is 1.64 bits per heavy atom. The Bertz CT molecular complexity index is 1680. The summed E-state index contributed by atoms with van der Waals surface area (Å²) in [5.41, 5.74) is 7.40. The van der Waals surface area contributed by atoms with E-state index < -0.39 is 0 Å². The van der Waals surface area contributed by atoms with Crippen molar-refractivity contribution in [2.75, 3.05) is 0 Å². The monoisotopic (exact) mass is 490 g/mol. The summed E-state index contributed by atoms with van der Waals surface area (Å²) in [6.45, 7) is 14.0. The predicted molar refractivity (Wildman–Crippen MR) is 156 cm³/mol. The number of pyridine rings is 1. The van der Waals surface area contributed by atoms with Gasteiger partial charge in [-0.25, -0.2) is 4.57 Å². The second kappa shape index (κ2) is 8.35. The van der Waals surface area contributed by atoms with Gasteiger partial charge in [0.1, 0.15) is 7.05 Å². The molecule has 0 saturated heterocycles. The van der Waals surface area contributed by atoms with Crippen LogP contribution in [0.1, 0.15) is 51.3 Å². The molecule has 0 bridgehead atoms. The normalized spacial score (nSPS) is 13.2. The first-order chi connectivity index (χ1) is 17.1. The highest BCUT2D eigenvalue weighted by Crippen LogP contribution is 2.53. The van der Waals surface area contributed by atoms with Crippen molar-refractivity contribution in [2.45, 2.75) is 64.2 Å². The van der Waals surface area contributed by atoms with Crippen molar-refractivity contribution < 1.29 is 4.57 Å². The molecule has 0 unspecified atom stereocenters. The number of nitrogens with zero attached hydrogens (tertiary/aromatic N) is 1. The van der Waals surface area contributed by atoms with E-state index in [0.717, 1.165) is 12.8 Å². The smallest absolute Gasteiger partial charge is 0.200 e. The molecular formula is C34H36NS+. The van der Waals surface area contributed by atoms with E-state index in [9.17, 15) is 0 Å². The minimum absolute atomic E-state index is 0.276. The molecule has 2 heteroatoms. The maximum absolute atomic E-state index is 2.46. The molecule has 0 spiro atoms. The summed E-state index contributed by atoms with van der Waals surface area (Å²) in [6.07, 6.45) is 4.44. The van der Waals surface area contributed by atoms with E-state index in [1.165, 1.54) is 70.1 Å². The molecule has 36 heavy (non-hydrogen) atoms. The molecule has 0 atom stereocenters. The van der Waals surface area contributed by atoms with Gasteiger partial charge in [0.2, 0.25) is 5.69 Å². The number of benzene rings is 4. The zero-order valence-electron chi connectivity index (χ0n) is 22.6. The lowest BCUT2D eigenvalue weighted by molar-refractivity contribution is -0.659. The summed E-state index contributed by atoms with van der Waals surface area (Å²) in [5, 5.41) is 8.30. The van der Waals surface area contributed by atoms with Crippen LogP contribution in [-0.2, 0) is 19.9 Å². The van der Waals surface area contributed by atoms with Gasteiger partial charge in [0.05, 0.1) is 10.9 Å². The lowest BCUT2D eigenvalue weighted by atomic mass is 9.86. The molecule has 1 aromatic heterocycles. The van der Waals surface area contributed by atoms with Crippen LogP contribution >= 0.6 is 11.8 Å². The third kappa shape index (κ3) is 3.73. The first-order valence-electron chi connectivity index (χ1n) is 13.2. The van der Waals surface area contributed by atoms with E-state index in [1.54, 1.807) is 0 Å². The Labute approximate surface area is 219 Å². The molecule has 4 aromatic carbocycles. The second-order valence-electron chi connectivity index (χ2n) is 12.3. The van der Waals surface area contributed by atoms with Crippen molar-refractivity contribution in [3.8, 4) is 11.3 Å². The van der Waals surface area contributed by atoms with Crippen LogP contribution in [0.3, 0.4) is 0 Å². The van der Waals surface area contributed by atoms with Crippen LogP contribution in [0, 0.1) is 18.3 Å². The maximum Gasteiger partial charge on any atom is 0.222 e. The molecule has 1 aliphatic rings. The van der Waals surface area contributed by atoms with E-state index in [4.69, 9.17) is 0 Å². The first kappa shape index (κ1) is 23.6. The zero-order chi connectivity index (χ0) is 25.4. The number of hydrogen-bond donors (Lipinski definition) is 0. The van der Waals surface area contributed by atoms with Gasteiger partial charge >= 0.3 is 0 Å². The Balaban J connectivity index is 1.71. The molecule has 0 radical (unpaired) electrons. The van der Waals surface area contributed by atoms with Crippen molar-refractivity contribution in [3.05, 3.63) is 77.5 Å². The molecule has 0 fully saturated rings. The highest BCUT2D eigenvalue weighted by atomic mass is 32.2.